The zero-order valence-electron chi connectivity index (χ0n) is 13.2. The van der Waals surface area contributed by atoms with E-state index in [0.717, 1.165) is 29.2 Å². The Morgan fingerprint density at radius 2 is 1.91 bits per heavy atom. The molecule has 2 rings (SSSR count). The molecule has 4 nitrogen and oxygen atoms in total. The quantitative estimate of drug-likeness (QED) is 0.729. The van der Waals surface area contributed by atoms with Gasteiger partial charge in [-0.2, -0.15) is 0 Å². The summed E-state index contributed by atoms with van der Waals surface area (Å²) in [5.41, 5.74) is 3.51. The Hall–Kier alpha value is -2.04. The second-order valence-electron chi connectivity index (χ2n) is 5.27. The summed E-state index contributed by atoms with van der Waals surface area (Å²) in [5.74, 6) is 1.48. The normalized spacial score (nSPS) is 10.5. The molecule has 0 radical (unpaired) electrons. The number of hydrogen-bond acceptors (Lipinski definition) is 3. The lowest BCUT2D eigenvalue weighted by Gasteiger charge is -2.12. The van der Waals surface area contributed by atoms with Gasteiger partial charge in [-0.25, -0.2) is 0 Å². The molecule has 0 atom stereocenters. The predicted octanol–water partition coefficient (Wildman–Crippen LogP) is 1.64. The van der Waals surface area contributed by atoms with Crippen LogP contribution < -0.4 is 14.8 Å². The summed E-state index contributed by atoms with van der Waals surface area (Å²) in [4.78, 5) is 0. The first-order chi connectivity index (χ1) is 10.7. The summed E-state index contributed by atoms with van der Waals surface area (Å²) in [7, 11) is 1.65. The van der Waals surface area contributed by atoms with E-state index < -0.39 is 0 Å². The monoisotopic (exact) mass is 302 g/mol. The molecule has 3 N–H and O–H groups in total. The van der Waals surface area contributed by atoms with Gasteiger partial charge >= 0.3 is 0 Å². The Morgan fingerprint density at radius 1 is 1.05 bits per heavy atom. The molecular weight excluding hydrogens is 278 g/mol. The smallest absolute Gasteiger partial charge is 0.161 e. The maximum atomic E-state index is 8.81. The van der Waals surface area contributed by atoms with Crippen molar-refractivity contribution in [2.75, 3.05) is 20.3 Å². The molecule has 22 heavy (non-hydrogen) atoms. The molecule has 0 aliphatic rings. The average molecular weight is 302 g/mol. The lowest BCUT2D eigenvalue weighted by Crippen LogP contribution is -2.83. The second-order valence-corrected chi connectivity index (χ2v) is 5.27. The summed E-state index contributed by atoms with van der Waals surface area (Å²) in [5, 5.41) is 10.9. The number of ether oxygens (including phenoxy) is 2. The second kappa shape index (κ2) is 8.41. The lowest BCUT2D eigenvalue weighted by molar-refractivity contribution is -0.671. The van der Waals surface area contributed by atoms with E-state index in [1.54, 1.807) is 7.11 Å². The van der Waals surface area contributed by atoms with E-state index in [9.17, 15) is 0 Å². The van der Waals surface area contributed by atoms with Gasteiger partial charge in [0.15, 0.2) is 11.5 Å². The number of aliphatic hydroxyl groups excluding tert-OH is 1. The lowest BCUT2D eigenvalue weighted by atomic mass is 10.1. The van der Waals surface area contributed by atoms with Crippen LogP contribution in [0.4, 0.5) is 0 Å². The molecule has 4 heteroatoms. The van der Waals surface area contributed by atoms with Gasteiger partial charge in [-0.05, 0) is 30.7 Å². The van der Waals surface area contributed by atoms with Crippen molar-refractivity contribution in [2.45, 2.75) is 20.1 Å². The Morgan fingerprint density at radius 3 is 2.64 bits per heavy atom. The first-order valence-corrected chi connectivity index (χ1v) is 7.50. The molecule has 0 saturated carbocycles. The molecule has 0 aliphatic heterocycles. The van der Waals surface area contributed by atoms with Gasteiger partial charge in [0, 0.05) is 5.56 Å². The van der Waals surface area contributed by atoms with Crippen LogP contribution in [0.1, 0.15) is 16.7 Å². The number of aliphatic hydroxyl groups is 1. The van der Waals surface area contributed by atoms with Crippen molar-refractivity contribution in [2.24, 2.45) is 0 Å². The summed E-state index contributed by atoms with van der Waals surface area (Å²) < 4.78 is 11.3. The van der Waals surface area contributed by atoms with E-state index in [-0.39, 0.29) is 6.61 Å². The molecule has 0 amide bonds. The fourth-order valence-corrected chi connectivity index (χ4v) is 2.28. The van der Waals surface area contributed by atoms with Crippen LogP contribution in [-0.4, -0.2) is 25.4 Å². The predicted molar refractivity (Wildman–Crippen MR) is 86.1 cm³/mol. The van der Waals surface area contributed by atoms with Crippen LogP contribution in [-0.2, 0) is 13.2 Å². The van der Waals surface area contributed by atoms with Gasteiger partial charge in [-0.1, -0.05) is 29.8 Å². The number of benzene rings is 2. The maximum Gasteiger partial charge on any atom is 0.161 e. The van der Waals surface area contributed by atoms with Crippen molar-refractivity contribution in [3.05, 3.63) is 59.2 Å². The number of aryl methyl sites for hydroxylation is 1. The number of hydrogen-bond donors (Lipinski definition) is 2. The van der Waals surface area contributed by atoms with E-state index in [1.807, 2.05) is 24.3 Å². The standard InChI is InChI=1S/C18H23NO3/c1-14-4-3-5-16(10-14)13-22-17-7-6-15(11-18(17)21-2)12-19-8-9-20/h3-7,10-11,19-20H,8-9,12-13H2,1-2H3/p+1. The van der Waals surface area contributed by atoms with E-state index in [2.05, 4.69) is 30.4 Å². The molecule has 0 aliphatic carbocycles. The highest BCUT2D eigenvalue weighted by atomic mass is 16.5. The minimum absolute atomic E-state index is 0.189. The van der Waals surface area contributed by atoms with Gasteiger partial charge in [0.1, 0.15) is 13.2 Å². The Kier molecular flexibility index (Phi) is 6.25. The SMILES string of the molecule is COc1cc(C[NH2+]CCO)ccc1OCc1cccc(C)c1. The Labute approximate surface area is 131 Å². The van der Waals surface area contributed by atoms with Crippen LogP contribution in [0.3, 0.4) is 0 Å². The van der Waals surface area contributed by atoms with Crippen LogP contribution in [0.2, 0.25) is 0 Å². The first-order valence-electron chi connectivity index (χ1n) is 7.50. The van der Waals surface area contributed by atoms with Gasteiger partial charge in [0.05, 0.1) is 20.3 Å². The summed E-state index contributed by atoms with van der Waals surface area (Å²) in [6.45, 7) is 4.30. The molecule has 0 heterocycles. The summed E-state index contributed by atoms with van der Waals surface area (Å²) in [6.07, 6.45) is 0. The van der Waals surface area contributed by atoms with Crippen molar-refractivity contribution in [1.82, 2.24) is 0 Å². The van der Waals surface area contributed by atoms with E-state index in [4.69, 9.17) is 14.6 Å². The molecule has 0 bridgehead atoms. The Balaban J connectivity index is 2.01. The molecular formula is C18H24NO3+. The highest BCUT2D eigenvalue weighted by molar-refractivity contribution is 5.43. The topological polar surface area (TPSA) is 55.3 Å². The van der Waals surface area contributed by atoms with E-state index in [1.165, 1.54) is 5.56 Å². The fourth-order valence-electron chi connectivity index (χ4n) is 2.28. The first kappa shape index (κ1) is 16.3. The minimum atomic E-state index is 0.189. The van der Waals surface area contributed by atoms with Gasteiger partial charge in [-0.15, -0.1) is 0 Å². The van der Waals surface area contributed by atoms with Crippen LogP contribution in [0.25, 0.3) is 0 Å². The summed E-state index contributed by atoms with van der Waals surface area (Å²) in [6, 6.07) is 14.2. The van der Waals surface area contributed by atoms with Gasteiger partial charge in [0.2, 0.25) is 0 Å². The van der Waals surface area contributed by atoms with Crippen LogP contribution in [0.5, 0.6) is 11.5 Å². The molecule has 0 aromatic heterocycles. The van der Waals surface area contributed by atoms with Crippen molar-refractivity contribution in [3.8, 4) is 11.5 Å². The van der Waals surface area contributed by atoms with Gasteiger partial charge < -0.3 is 19.9 Å². The van der Waals surface area contributed by atoms with Crippen LogP contribution >= 0.6 is 0 Å². The minimum Gasteiger partial charge on any atom is -0.493 e. The molecule has 0 spiro atoms. The zero-order valence-corrected chi connectivity index (χ0v) is 13.2. The third kappa shape index (κ3) is 4.76. The molecule has 118 valence electrons. The highest BCUT2D eigenvalue weighted by Crippen LogP contribution is 2.28. The Bertz CT molecular complexity index is 599. The molecule has 2 aromatic rings. The number of quaternary nitrogens is 1. The number of rotatable bonds is 8. The van der Waals surface area contributed by atoms with Crippen molar-refractivity contribution in [3.63, 3.8) is 0 Å². The molecule has 0 unspecified atom stereocenters. The largest absolute Gasteiger partial charge is 0.493 e. The van der Waals surface area contributed by atoms with E-state index >= 15 is 0 Å². The molecule has 0 fully saturated rings. The van der Waals surface area contributed by atoms with Crippen molar-refractivity contribution >= 4 is 0 Å². The van der Waals surface area contributed by atoms with Crippen molar-refractivity contribution < 1.29 is 19.9 Å². The zero-order chi connectivity index (χ0) is 15.8. The summed E-state index contributed by atoms with van der Waals surface area (Å²) >= 11 is 0. The highest BCUT2D eigenvalue weighted by Gasteiger charge is 2.07. The molecule has 2 aromatic carbocycles. The van der Waals surface area contributed by atoms with E-state index in [0.29, 0.717) is 13.2 Å². The third-order valence-electron chi connectivity index (χ3n) is 3.42. The average Bonchev–Trinajstić information content (AvgIpc) is 2.53. The van der Waals surface area contributed by atoms with Crippen LogP contribution in [0, 0.1) is 6.92 Å². The maximum absolute atomic E-state index is 8.81. The van der Waals surface area contributed by atoms with Gasteiger partial charge in [-0.3, -0.25) is 0 Å². The van der Waals surface area contributed by atoms with Crippen molar-refractivity contribution in [1.29, 1.82) is 0 Å². The van der Waals surface area contributed by atoms with Gasteiger partial charge in [0.25, 0.3) is 0 Å². The van der Waals surface area contributed by atoms with Crippen LogP contribution in [0.15, 0.2) is 42.5 Å². The fraction of sp³-hybridized carbons (Fsp3) is 0.333. The third-order valence-corrected chi connectivity index (χ3v) is 3.42. The number of methoxy groups -OCH3 is 1. The number of nitrogens with two attached hydrogens (primary N) is 1. The molecule has 0 saturated heterocycles.